The summed E-state index contributed by atoms with van der Waals surface area (Å²) in [5.41, 5.74) is 1.58. The smallest absolute Gasteiger partial charge is 0.317 e. The van der Waals surface area contributed by atoms with Gasteiger partial charge in [0.2, 0.25) is 0 Å². The Hall–Kier alpha value is -3.46. The van der Waals surface area contributed by atoms with Gasteiger partial charge in [-0.05, 0) is 56.3 Å². The molecule has 4 aromatic rings. The fourth-order valence-corrected chi connectivity index (χ4v) is 4.24. The van der Waals surface area contributed by atoms with Crippen LogP contribution in [-0.2, 0) is 6.18 Å². The number of hydrogen-bond acceptors (Lipinski definition) is 3. The number of carbonyl (C=O) groups excluding carboxylic acids is 1. The third-order valence-electron chi connectivity index (χ3n) is 4.99. The number of alkyl halides is 3. The average molecular weight is 459 g/mol. The van der Waals surface area contributed by atoms with Gasteiger partial charge in [0.05, 0.1) is 22.5 Å². The Kier molecular flexibility index (Phi) is 5.60. The minimum Gasteiger partial charge on any atom is -0.317 e. The minimum absolute atomic E-state index is 0.0399. The zero-order chi connectivity index (χ0) is 23.0. The van der Waals surface area contributed by atoms with Crippen LogP contribution < -0.4 is 5.32 Å². The van der Waals surface area contributed by atoms with Crippen molar-refractivity contribution in [3.05, 3.63) is 88.3 Å². The molecule has 0 saturated carbocycles. The number of halogens is 4. The molecule has 0 fully saturated rings. The van der Waals surface area contributed by atoms with E-state index in [-0.39, 0.29) is 17.1 Å². The third kappa shape index (κ3) is 4.16. The van der Waals surface area contributed by atoms with E-state index in [1.54, 1.807) is 37.4 Å². The van der Waals surface area contributed by atoms with E-state index in [2.05, 4.69) is 10.3 Å². The Morgan fingerprint density at radius 3 is 2.44 bits per heavy atom. The van der Waals surface area contributed by atoms with Crippen molar-refractivity contribution in [1.82, 2.24) is 9.55 Å². The lowest BCUT2D eigenvalue weighted by atomic mass is 10.1. The second-order valence-corrected chi connectivity index (χ2v) is 7.99. The molecule has 0 unspecified atom stereocenters. The van der Waals surface area contributed by atoms with Crippen molar-refractivity contribution >= 4 is 22.4 Å². The van der Waals surface area contributed by atoms with Gasteiger partial charge in [-0.25, -0.2) is 9.37 Å². The molecule has 4 rings (SSSR count). The summed E-state index contributed by atoms with van der Waals surface area (Å²) in [6.07, 6.45) is -4.53. The first-order valence-corrected chi connectivity index (χ1v) is 10.4. The van der Waals surface area contributed by atoms with Gasteiger partial charge in [0.15, 0.2) is 5.13 Å². The van der Waals surface area contributed by atoms with Crippen LogP contribution in [-0.4, -0.2) is 15.5 Å². The van der Waals surface area contributed by atoms with Crippen molar-refractivity contribution in [3.8, 4) is 16.9 Å². The number of nitrogens with one attached hydrogen (secondary N) is 1. The van der Waals surface area contributed by atoms with Crippen molar-refractivity contribution in [2.75, 3.05) is 5.32 Å². The van der Waals surface area contributed by atoms with Gasteiger partial charge in [-0.15, -0.1) is 11.3 Å². The molecule has 0 aliphatic heterocycles. The van der Waals surface area contributed by atoms with Crippen molar-refractivity contribution in [1.29, 1.82) is 0 Å². The predicted molar refractivity (Wildman–Crippen MR) is 116 cm³/mol. The standard InChI is InChI=1S/C23H17F4N3OS/c1-13-11-17(14(2)30(13)20-6-4-3-5-18(20)23(25,26)27)21(31)29-22-28-19(12-32-22)15-7-9-16(24)10-8-15/h3-12H,1-2H3,(H,28,29,31). The SMILES string of the molecule is Cc1cc(C(=O)Nc2nc(-c3ccc(F)cc3)cs2)c(C)n1-c1ccccc1C(F)(F)F. The van der Waals surface area contributed by atoms with Crippen LogP contribution in [0, 0.1) is 19.7 Å². The zero-order valence-electron chi connectivity index (χ0n) is 17.0. The summed E-state index contributed by atoms with van der Waals surface area (Å²) in [6.45, 7) is 3.24. The first-order chi connectivity index (χ1) is 15.1. The van der Waals surface area contributed by atoms with E-state index < -0.39 is 17.6 Å². The molecule has 0 aliphatic carbocycles. The normalized spacial score (nSPS) is 11.6. The summed E-state index contributed by atoms with van der Waals surface area (Å²) < 4.78 is 55.0. The van der Waals surface area contributed by atoms with Crippen LogP contribution in [0.5, 0.6) is 0 Å². The molecule has 0 bridgehead atoms. The molecule has 2 aromatic carbocycles. The average Bonchev–Trinajstić information content (AvgIpc) is 3.32. The molecule has 2 aromatic heterocycles. The van der Waals surface area contributed by atoms with Crippen LogP contribution in [0.15, 0.2) is 60.0 Å². The Bertz CT molecular complexity index is 1290. The fourth-order valence-electron chi connectivity index (χ4n) is 3.52. The molecule has 32 heavy (non-hydrogen) atoms. The molecule has 1 amide bonds. The molecule has 0 aliphatic rings. The molecule has 164 valence electrons. The number of benzene rings is 2. The van der Waals surface area contributed by atoms with Gasteiger partial charge >= 0.3 is 6.18 Å². The van der Waals surface area contributed by atoms with Gasteiger partial charge in [0.1, 0.15) is 5.82 Å². The van der Waals surface area contributed by atoms with Crippen LogP contribution in [0.25, 0.3) is 16.9 Å². The largest absolute Gasteiger partial charge is 0.418 e. The molecule has 0 radical (unpaired) electrons. The van der Waals surface area contributed by atoms with E-state index in [0.717, 1.165) is 6.07 Å². The van der Waals surface area contributed by atoms with E-state index in [1.165, 1.54) is 46.2 Å². The highest BCUT2D eigenvalue weighted by Crippen LogP contribution is 2.35. The van der Waals surface area contributed by atoms with Crippen LogP contribution in [0.1, 0.15) is 27.3 Å². The summed E-state index contributed by atoms with van der Waals surface area (Å²) in [4.78, 5) is 17.2. The number of rotatable bonds is 4. The molecular formula is C23H17F4N3OS. The summed E-state index contributed by atoms with van der Waals surface area (Å²) in [5, 5.41) is 4.75. The topological polar surface area (TPSA) is 46.9 Å². The van der Waals surface area contributed by atoms with Gasteiger partial charge in [0, 0.05) is 22.3 Å². The van der Waals surface area contributed by atoms with Crippen LogP contribution in [0.3, 0.4) is 0 Å². The van der Waals surface area contributed by atoms with Gasteiger partial charge in [-0.1, -0.05) is 12.1 Å². The highest BCUT2D eigenvalue weighted by Gasteiger charge is 2.34. The number of hydrogen-bond donors (Lipinski definition) is 1. The lowest BCUT2D eigenvalue weighted by molar-refractivity contribution is -0.137. The van der Waals surface area contributed by atoms with E-state index in [0.29, 0.717) is 27.8 Å². The maximum Gasteiger partial charge on any atom is 0.418 e. The van der Waals surface area contributed by atoms with Gasteiger partial charge in [0.25, 0.3) is 5.91 Å². The van der Waals surface area contributed by atoms with E-state index >= 15 is 0 Å². The summed E-state index contributed by atoms with van der Waals surface area (Å²) in [7, 11) is 0. The number of amides is 1. The van der Waals surface area contributed by atoms with Crippen molar-refractivity contribution in [2.24, 2.45) is 0 Å². The van der Waals surface area contributed by atoms with E-state index in [1.807, 2.05) is 0 Å². The number of para-hydroxylation sites is 1. The summed E-state index contributed by atoms with van der Waals surface area (Å²) in [5.74, 6) is -0.839. The Morgan fingerprint density at radius 2 is 1.75 bits per heavy atom. The molecule has 2 heterocycles. The number of thiazole rings is 1. The van der Waals surface area contributed by atoms with Crippen LogP contribution in [0.4, 0.5) is 22.7 Å². The zero-order valence-corrected chi connectivity index (χ0v) is 17.8. The van der Waals surface area contributed by atoms with Gasteiger partial charge < -0.3 is 4.57 Å². The Morgan fingerprint density at radius 1 is 1.06 bits per heavy atom. The maximum atomic E-state index is 13.5. The Balaban J connectivity index is 1.63. The van der Waals surface area contributed by atoms with Crippen LogP contribution >= 0.6 is 11.3 Å². The van der Waals surface area contributed by atoms with Crippen molar-refractivity contribution in [3.63, 3.8) is 0 Å². The predicted octanol–water partition coefficient (Wildman–Crippen LogP) is 6.63. The molecule has 0 spiro atoms. The van der Waals surface area contributed by atoms with Crippen LogP contribution in [0.2, 0.25) is 0 Å². The minimum atomic E-state index is -4.53. The number of anilines is 1. The fraction of sp³-hybridized carbons (Fsp3) is 0.130. The Labute approximate surface area is 185 Å². The number of aromatic nitrogens is 2. The number of nitrogens with zero attached hydrogens (tertiary/aromatic N) is 2. The number of aryl methyl sites for hydroxylation is 1. The third-order valence-corrected chi connectivity index (χ3v) is 5.75. The molecule has 0 saturated heterocycles. The quantitative estimate of drug-likeness (QED) is 0.348. The maximum absolute atomic E-state index is 13.5. The van der Waals surface area contributed by atoms with Gasteiger partial charge in [-0.3, -0.25) is 10.1 Å². The van der Waals surface area contributed by atoms with E-state index in [9.17, 15) is 22.4 Å². The lowest BCUT2D eigenvalue weighted by Crippen LogP contribution is -2.14. The highest BCUT2D eigenvalue weighted by atomic mass is 32.1. The van der Waals surface area contributed by atoms with Crippen molar-refractivity contribution < 1.29 is 22.4 Å². The second-order valence-electron chi connectivity index (χ2n) is 7.13. The molecular weight excluding hydrogens is 442 g/mol. The molecule has 1 N–H and O–H groups in total. The highest BCUT2D eigenvalue weighted by molar-refractivity contribution is 7.14. The monoisotopic (exact) mass is 459 g/mol. The van der Waals surface area contributed by atoms with E-state index in [4.69, 9.17) is 0 Å². The molecule has 9 heteroatoms. The molecule has 4 nitrogen and oxygen atoms in total. The van der Waals surface area contributed by atoms with Crippen molar-refractivity contribution in [2.45, 2.75) is 20.0 Å². The first kappa shape index (κ1) is 21.8. The molecule has 0 atom stereocenters. The lowest BCUT2D eigenvalue weighted by Gasteiger charge is -2.16. The second kappa shape index (κ2) is 8.23. The first-order valence-electron chi connectivity index (χ1n) is 9.53. The number of carbonyl (C=O) groups is 1. The summed E-state index contributed by atoms with van der Waals surface area (Å²) in [6, 6.07) is 12.6. The summed E-state index contributed by atoms with van der Waals surface area (Å²) >= 11 is 1.20. The van der Waals surface area contributed by atoms with Gasteiger partial charge in [-0.2, -0.15) is 13.2 Å².